The largest absolute Gasteiger partial charge is 0.332 e. The number of hydrogen-bond acceptors (Lipinski definition) is 2. The lowest BCUT2D eigenvalue weighted by Crippen LogP contribution is -2.17. The molecular formula is C13H23N3. The van der Waals surface area contributed by atoms with Gasteiger partial charge < -0.3 is 9.47 Å². The molecule has 0 N–H and O–H groups in total. The molecular weight excluding hydrogens is 198 g/mol. The Bertz CT molecular complexity index is 352. The fraction of sp³-hybridized carbons (Fsp3) is 0.769. The topological polar surface area (TPSA) is 21.1 Å². The Labute approximate surface area is 98.5 Å². The van der Waals surface area contributed by atoms with E-state index >= 15 is 0 Å². The Morgan fingerprint density at radius 1 is 1.25 bits per heavy atom. The molecule has 1 aromatic rings. The molecule has 0 atom stereocenters. The molecule has 90 valence electrons. The van der Waals surface area contributed by atoms with Crippen molar-refractivity contribution in [2.75, 3.05) is 20.6 Å². The van der Waals surface area contributed by atoms with Gasteiger partial charge in [0.2, 0.25) is 0 Å². The van der Waals surface area contributed by atoms with E-state index in [9.17, 15) is 0 Å². The van der Waals surface area contributed by atoms with Gasteiger partial charge in [0.25, 0.3) is 0 Å². The van der Waals surface area contributed by atoms with E-state index in [4.69, 9.17) is 4.98 Å². The van der Waals surface area contributed by atoms with Crippen LogP contribution in [0.2, 0.25) is 0 Å². The van der Waals surface area contributed by atoms with Crippen LogP contribution in [0.25, 0.3) is 0 Å². The quantitative estimate of drug-likeness (QED) is 0.775. The van der Waals surface area contributed by atoms with Crippen molar-refractivity contribution < 1.29 is 0 Å². The molecule has 1 aliphatic rings. The number of hydrogen-bond donors (Lipinski definition) is 0. The van der Waals surface area contributed by atoms with Crippen molar-refractivity contribution in [1.29, 1.82) is 0 Å². The summed E-state index contributed by atoms with van der Waals surface area (Å²) in [7, 11) is 4.27. The molecule has 0 amide bonds. The Hall–Kier alpha value is -0.830. The molecule has 1 aliphatic carbocycles. The van der Waals surface area contributed by atoms with E-state index in [1.807, 2.05) is 0 Å². The third-order valence-corrected chi connectivity index (χ3v) is 3.41. The van der Waals surface area contributed by atoms with Crippen molar-refractivity contribution in [1.82, 2.24) is 14.5 Å². The average molecular weight is 221 g/mol. The number of fused-ring (bicyclic) bond motifs is 1. The molecule has 1 aromatic heterocycles. The summed E-state index contributed by atoms with van der Waals surface area (Å²) < 4.78 is 2.44. The van der Waals surface area contributed by atoms with E-state index in [2.05, 4.69) is 30.5 Å². The van der Waals surface area contributed by atoms with Gasteiger partial charge in [-0.2, -0.15) is 0 Å². The fourth-order valence-electron chi connectivity index (χ4n) is 2.58. The maximum Gasteiger partial charge on any atom is 0.106 e. The van der Waals surface area contributed by atoms with Gasteiger partial charge in [0.1, 0.15) is 5.82 Å². The Kier molecular flexibility index (Phi) is 3.64. The van der Waals surface area contributed by atoms with E-state index in [-0.39, 0.29) is 0 Å². The standard InChI is InChI=1S/C13H23N3/c1-11-14-12-7-4-5-8-13(12)16(11)10-6-9-15(2)3/h4-10H2,1-3H3. The summed E-state index contributed by atoms with van der Waals surface area (Å²) in [5.41, 5.74) is 2.89. The van der Waals surface area contributed by atoms with Crippen LogP contribution >= 0.6 is 0 Å². The van der Waals surface area contributed by atoms with Crippen LogP contribution < -0.4 is 0 Å². The monoisotopic (exact) mass is 221 g/mol. The van der Waals surface area contributed by atoms with Crippen LogP contribution in [0.3, 0.4) is 0 Å². The van der Waals surface area contributed by atoms with Crippen molar-refractivity contribution in [3.8, 4) is 0 Å². The Morgan fingerprint density at radius 3 is 2.75 bits per heavy atom. The number of aromatic nitrogens is 2. The maximum absolute atomic E-state index is 4.70. The first kappa shape index (κ1) is 11.6. The van der Waals surface area contributed by atoms with Gasteiger partial charge in [-0.25, -0.2) is 4.98 Å². The van der Waals surface area contributed by atoms with Crippen molar-refractivity contribution in [3.05, 3.63) is 17.2 Å². The predicted octanol–water partition coefficient (Wildman–Crippen LogP) is 2.02. The van der Waals surface area contributed by atoms with Gasteiger partial charge in [0.05, 0.1) is 5.69 Å². The summed E-state index contributed by atoms with van der Waals surface area (Å²) in [6, 6.07) is 0. The summed E-state index contributed by atoms with van der Waals surface area (Å²) >= 11 is 0. The number of aryl methyl sites for hydroxylation is 2. The summed E-state index contributed by atoms with van der Waals surface area (Å²) in [5, 5.41) is 0. The number of rotatable bonds is 4. The lowest BCUT2D eigenvalue weighted by atomic mass is 10.0. The third-order valence-electron chi connectivity index (χ3n) is 3.41. The second-order valence-electron chi connectivity index (χ2n) is 5.07. The molecule has 0 aliphatic heterocycles. The first-order valence-corrected chi connectivity index (χ1v) is 6.38. The van der Waals surface area contributed by atoms with Gasteiger partial charge in [-0.3, -0.25) is 0 Å². The number of imidazole rings is 1. The molecule has 0 fully saturated rings. The first-order chi connectivity index (χ1) is 7.68. The smallest absolute Gasteiger partial charge is 0.106 e. The second-order valence-corrected chi connectivity index (χ2v) is 5.07. The van der Waals surface area contributed by atoms with Crippen LogP contribution in [-0.2, 0) is 19.4 Å². The molecule has 16 heavy (non-hydrogen) atoms. The van der Waals surface area contributed by atoms with Crippen molar-refractivity contribution in [2.24, 2.45) is 0 Å². The molecule has 0 unspecified atom stereocenters. The van der Waals surface area contributed by atoms with Crippen LogP contribution in [0.4, 0.5) is 0 Å². The SMILES string of the molecule is Cc1nc2c(n1CCCN(C)C)CCCC2. The molecule has 1 heterocycles. The van der Waals surface area contributed by atoms with E-state index in [0.29, 0.717) is 0 Å². The molecule has 3 nitrogen and oxygen atoms in total. The average Bonchev–Trinajstić information content (AvgIpc) is 2.55. The minimum atomic E-state index is 1.13. The molecule has 0 saturated heterocycles. The molecule has 0 bridgehead atoms. The van der Waals surface area contributed by atoms with Crippen molar-refractivity contribution >= 4 is 0 Å². The van der Waals surface area contributed by atoms with Crippen LogP contribution in [0.1, 0.15) is 36.5 Å². The highest BCUT2D eigenvalue weighted by Gasteiger charge is 2.17. The van der Waals surface area contributed by atoms with Gasteiger partial charge in [-0.05, 0) is 59.7 Å². The van der Waals surface area contributed by atoms with Crippen LogP contribution in [-0.4, -0.2) is 35.1 Å². The molecule has 0 saturated carbocycles. The fourth-order valence-corrected chi connectivity index (χ4v) is 2.58. The predicted molar refractivity (Wildman–Crippen MR) is 66.8 cm³/mol. The molecule has 0 radical (unpaired) electrons. The molecule has 3 heteroatoms. The minimum Gasteiger partial charge on any atom is -0.332 e. The lowest BCUT2D eigenvalue weighted by Gasteiger charge is -2.16. The highest BCUT2D eigenvalue weighted by Crippen LogP contribution is 2.22. The van der Waals surface area contributed by atoms with Crippen LogP contribution in [0.15, 0.2) is 0 Å². The summed E-state index contributed by atoms with van der Waals surface area (Å²) in [6.07, 6.45) is 6.30. The van der Waals surface area contributed by atoms with E-state index in [0.717, 1.165) is 13.1 Å². The van der Waals surface area contributed by atoms with Crippen molar-refractivity contribution in [3.63, 3.8) is 0 Å². The van der Waals surface area contributed by atoms with Crippen LogP contribution in [0.5, 0.6) is 0 Å². The van der Waals surface area contributed by atoms with Gasteiger partial charge in [0.15, 0.2) is 0 Å². The van der Waals surface area contributed by atoms with Crippen LogP contribution in [0, 0.1) is 6.92 Å². The maximum atomic E-state index is 4.70. The summed E-state index contributed by atoms with van der Waals surface area (Å²) in [5.74, 6) is 1.21. The van der Waals surface area contributed by atoms with Gasteiger partial charge >= 0.3 is 0 Å². The first-order valence-electron chi connectivity index (χ1n) is 6.38. The molecule has 2 rings (SSSR count). The van der Waals surface area contributed by atoms with E-state index in [1.165, 1.54) is 49.3 Å². The second kappa shape index (κ2) is 5.00. The zero-order chi connectivity index (χ0) is 11.5. The zero-order valence-corrected chi connectivity index (χ0v) is 10.8. The molecule has 0 aromatic carbocycles. The van der Waals surface area contributed by atoms with Crippen molar-refractivity contribution in [2.45, 2.75) is 45.6 Å². The number of nitrogens with zero attached hydrogens (tertiary/aromatic N) is 3. The summed E-state index contributed by atoms with van der Waals surface area (Å²) in [4.78, 5) is 6.95. The van der Waals surface area contributed by atoms with E-state index in [1.54, 1.807) is 0 Å². The normalized spacial score (nSPS) is 15.5. The van der Waals surface area contributed by atoms with Gasteiger partial charge in [-0.1, -0.05) is 0 Å². The summed E-state index contributed by atoms with van der Waals surface area (Å²) in [6.45, 7) is 4.44. The Morgan fingerprint density at radius 2 is 2.00 bits per heavy atom. The highest BCUT2D eigenvalue weighted by molar-refractivity contribution is 5.19. The highest BCUT2D eigenvalue weighted by atomic mass is 15.1. The third kappa shape index (κ3) is 2.46. The minimum absolute atomic E-state index is 1.13. The lowest BCUT2D eigenvalue weighted by molar-refractivity contribution is 0.383. The van der Waals surface area contributed by atoms with E-state index < -0.39 is 0 Å². The van der Waals surface area contributed by atoms with Gasteiger partial charge in [0, 0.05) is 12.2 Å². The molecule has 0 spiro atoms. The van der Waals surface area contributed by atoms with Gasteiger partial charge in [-0.15, -0.1) is 0 Å². The Balaban J connectivity index is 2.05. The zero-order valence-electron chi connectivity index (χ0n) is 10.8.